The first-order valence-corrected chi connectivity index (χ1v) is 4.79. The van der Waals surface area contributed by atoms with Crippen molar-refractivity contribution in [2.45, 2.75) is 11.7 Å². The molecule has 0 bridgehead atoms. The van der Waals surface area contributed by atoms with E-state index in [9.17, 15) is 0 Å². The van der Waals surface area contributed by atoms with Crippen LogP contribution in [0.25, 0.3) is 0 Å². The third-order valence-electron chi connectivity index (χ3n) is 1.17. The summed E-state index contributed by atoms with van der Waals surface area (Å²) in [6, 6.07) is 0. The Bertz CT molecular complexity index is 126. The summed E-state index contributed by atoms with van der Waals surface area (Å²) in [5.74, 6) is 5.17. The van der Waals surface area contributed by atoms with Gasteiger partial charge in [-0.2, -0.15) is 23.1 Å². The van der Waals surface area contributed by atoms with Gasteiger partial charge in [0.25, 0.3) is 0 Å². The van der Waals surface area contributed by atoms with Crippen LogP contribution in [0.15, 0.2) is 11.5 Å². The summed E-state index contributed by atoms with van der Waals surface area (Å²) in [5.41, 5.74) is 0. The topological polar surface area (TPSA) is 0 Å². The molecule has 2 atom stereocenters. The largest absolute Gasteiger partial charge is 0.172 e. The maximum absolute atomic E-state index is 4.29. The highest BCUT2D eigenvalue weighted by molar-refractivity contribution is 8.16. The molecule has 1 aliphatic rings. The molecular weight excluding hydrogens is 136 g/mol. The van der Waals surface area contributed by atoms with Crippen LogP contribution in [-0.4, -0.2) is 16.9 Å². The van der Waals surface area contributed by atoms with E-state index < -0.39 is 0 Å². The molecule has 0 saturated heterocycles. The van der Waals surface area contributed by atoms with Crippen LogP contribution in [0.4, 0.5) is 0 Å². The minimum absolute atomic E-state index is 0.310. The van der Waals surface area contributed by atoms with Gasteiger partial charge in [0.2, 0.25) is 0 Å². The van der Waals surface area contributed by atoms with Crippen molar-refractivity contribution in [3.63, 3.8) is 0 Å². The van der Waals surface area contributed by atoms with Crippen LogP contribution in [-0.2, 0) is 0 Å². The summed E-state index contributed by atoms with van der Waals surface area (Å²) in [6.07, 6.45) is 3.34. The van der Waals surface area contributed by atoms with Gasteiger partial charge in [-0.15, -0.1) is 0 Å². The Balaban J connectivity index is 2.55. The molecule has 2 heteroatoms. The second-order valence-corrected chi connectivity index (χ2v) is 4.34. The number of rotatable bonds is 0. The first-order chi connectivity index (χ1) is 3.79. The average molecular weight is 146 g/mol. The molecule has 0 fully saturated rings. The Morgan fingerprint density at radius 2 is 2.50 bits per heavy atom. The first kappa shape index (κ1) is 6.43. The van der Waals surface area contributed by atoms with Crippen molar-refractivity contribution in [2.75, 3.05) is 5.75 Å². The van der Waals surface area contributed by atoms with E-state index in [0.717, 1.165) is 0 Å². The van der Waals surface area contributed by atoms with Gasteiger partial charge in [-0.1, -0.05) is 11.9 Å². The number of hydrogen-bond donors (Lipinski definition) is 1. The van der Waals surface area contributed by atoms with E-state index in [0.29, 0.717) is 15.7 Å². The number of hydrogen-bond acceptors (Lipinski definition) is 1. The van der Waals surface area contributed by atoms with Gasteiger partial charge in [0.1, 0.15) is 0 Å². The summed E-state index contributed by atoms with van der Waals surface area (Å²) >= 11 is 4.29. The lowest BCUT2D eigenvalue weighted by Gasteiger charge is -2.11. The molecule has 0 N–H and O–H groups in total. The lowest BCUT2D eigenvalue weighted by atomic mass is 10.3. The third-order valence-corrected chi connectivity index (χ3v) is 2.90. The molecule has 1 rings (SSSR count). The van der Waals surface area contributed by atoms with Crippen LogP contribution in [0.5, 0.6) is 0 Å². The molecule has 0 aromatic carbocycles. The average Bonchev–Trinajstić information content (AvgIpc) is 1.77. The van der Waals surface area contributed by atoms with Gasteiger partial charge in [-0.05, 0) is 17.6 Å². The monoisotopic (exact) mass is 146 g/mol. The molecule has 0 saturated carbocycles. The molecule has 0 aromatic rings. The van der Waals surface area contributed by atoms with Gasteiger partial charge in [0.15, 0.2) is 0 Å². The quantitative estimate of drug-likeness (QED) is 0.391. The molecule has 0 aromatic heterocycles. The van der Waals surface area contributed by atoms with Crippen molar-refractivity contribution in [2.24, 2.45) is 0 Å². The Labute approximate surface area is 58.3 Å². The van der Waals surface area contributed by atoms with Gasteiger partial charge in [-0.3, -0.25) is 0 Å². The molecule has 1 aliphatic heterocycles. The normalized spacial score (nSPS) is 37.6. The zero-order valence-corrected chi connectivity index (χ0v) is 6.42. The predicted octanol–water partition coefficient (Wildman–Crippen LogP) is 1.90. The van der Waals surface area contributed by atoms with Gasteiger partial charge >= 0.3 is 0 Å². The molecule has 0 spiro atoms. The summed E-state index contributed by atoms with van der Waals surface area (Å²) in [6.45, 7) is 0. The molecule has 8 heavy (non-hydrogen) atoms. The predicted molar refractivity (Wildman–Crippen MR) is 46.1 cm³/mol. The molecule has 0 radical (unpaired) electrons. The first-order valence-electron chi connectivity index (χ1n) is 2.65. The Kier molecular flexibility index (Phi) is 2.20. The summed E-state index contributed by atoms with van der Waals surface area (Å²) < 4.78 is 0. The van der Waals surface area contributed by atoms with Crippen molar-refractivity contribution in [3.8, 4) is 0 Å². The standard InChI is InChI=1S/C6H10S2/c1-8-4-2-6(7)3-5-8/h2,4,6-7H,1,3,5H2. The van der Waals surface area contributed by atoms with Crippen LogP contribution >= 0.6 is 23.1 Å². The SMILES string of the molecule is C=S1C=CC(S)CC1. The van der Waals surface area contributed by atoms with E-state index >= 15 is 0 Å². The van der Waals surface area contributed by atoms with Crippen LogP contribution < -0.4 is 0 Å². The molecular formula is C6H10S2. The van der Waals surface area contributed by atoms with Gasteiger partial charge in [0.05, 0.1) is 0 Å². The van der Waals surface area contributed by atoms with Crippen LogP contribution in [0.3, 0.4) is 0 Å². The zero-order chi connectivity index (χ0) is 5.98. The smallest absolute Gasteiger partial charge is 0.0212 e. The molecule has 0 aliphatic carbocycles. The summed E-state index contributed by atoms with van der Waals surface area (Å²) in [7, 11) is 0.310. The van der Waals surface area contributed by atoms with Crippen molar-refractivity contribution >= 4 is 29.0 Å². The number of thiol groups is 1. The minimum atomic E-state index is 0.310. The molecule has 46 valence electrons. The maximum atomic E-state index is 4.29. The van der Waals surface area contributed by atoms with E-state index in [4.69, 9.17) is 0 Å². The van der Waals surface area contributed by atoms with E-state index in [-0.39, 0.29) is 0 Å². The minimum Gasteiger partial charge on any atom is -0.172 e. The molecule has 2 unspecified atom stereocenters. The second kappa shape index (κ2) is 2.74. The van der Waals surface area contributed by atoms with Crippen molar-refractivity contribution in [1.29, 1.82) is 0 Å². The van der Waals surface area contributed by atoms with Crippen LogP contribution in [0.2, 0.25) is 0 Å². The van der Waals surface area contributed by atoms with E-state index in [2.05, 4.69) is 30.0 Å². The van der Waals surface area contributed by atoms with Gasteiger partial charge in [-0.25, -0.2) is 0 Å². The summed E-state index contributed by atoms with van der Waals surface area (Å²) in [4.78, 5) is 0. The Hall–Kier alpha value is 0.310. The molecule has 0 amide bonds. The highest BCUT2D eigenvalue weighted by Crippen LogP contribution is 2.22. The van der Waals surface area contributed by atoms with Crippen LogP contribution in [0, 0.1) is 0 Å². The fourth-order valence-corrected chi connectivity index (χ4v) is 2.25. The van der Waals surface area contributed by atoms with Crippen molar-refractivity contribution < 1.29 is 0 Å². The Morgan fingerprint density at radius 1 is 1.75 bits per heavy atom. The lowest BCUT2D eigenvalue weighted by Crippen LogP contribution is -1.99. The lowest BCUT2D eigenvalue weighted by molar-refractivity contribution is 0.991. The van der Waals surface area contributed by atoms with Crippen molar-refractivity contribution in [1.82, 2.24) is 0 Å². The Morgan fingerprint density at radius 3 is 2.88 bits per heavy atom. The fourth-order valence-electron chi connectivity index (χ4n) is 0.638. The van der Waals surface area contributed by atoms with E-state index in [1.807, 2.05) is 0 Å². The van der Waals surface area contributed by atoms with E-state index in [1.54, 1.807) is 0 Å². The summed E-state index contributed by atoms with van der Waals surface area (Å²) in [5, 5.41) is 2.67. The van der Waals surface area contributed by atoms with Gasteiger partial charge < -0.3 is 0 Å². The van der Waals surface area contributed by atoms with E-state index in [1.165, 1.54) is 12.2 Å². The molecule has 0 nitrogen and oxygen atoms in total. The van der Waals surface area contributed by atoms with Gasteiger partial charge in [0, 0.05) is 5.25 Å². The maximum Gasteiger partial charge on any atom is 0.0212 e. The van der Waals surface area contributed by atoms with Crippen LogP contribution in [0.1, 0.15) is 6.42 Å². The highest BCUT2D eigenvalue weighted by atomic mass is 32.2. The zero-order valence-electron chi connectivity index (χ0n) is 4.71. The second-order valence-electron chi connectivity index (χ2n) is 1.93. The molecule has 1 heterocycles. The third kappa shape index (κ3) is 1.67. The highest BCUT2D eigenvalue weighted by Gasteiger charge is 2.02. The van der Waals surface area contributed by atoms with Crippen molar-refractivity contribution in [3.05, 3.63) is 11.5 Å². The fraction of sp³-hybridized carbons (Fsp3) is 0.500.